The van der Waals surface area contributed by atoms with Crippen LogP contribution >= 0.6 is 0 Å². The number of rotatable bonds is 4. The van der Waals surface area contributed by atoms with Crippen LogP contribution in [0, 0.1) is 0 Å². The maximum absolute atomic E-state index is 2.71. The highest BCUT2D eigenvalue weighted by Gasteiger charge is 2.51. The standard InChI is InChI=1S/C68H61BN2/c1-65(2,3)45-30-33-47(34-31-45)71-59-35-29-44(42-21-13-11-14-22-42)37-53(59)62-63-52(49-26-18-20-28-55(49)68(63,9)10)40-61-64(62)69(71)57-39-51-48-25-17-19-27-54(48)67(7,8)56(51)41-60(57)70(61)58-36-32-46(66(4,5)6)38-50(58)43-23-15-12-16-24-43/h11-41H,1-10H3. The highest BCUT2D eigenvalue weighted by molar-refractivity contribution is 6.93. The molecule has 0 atom stereocenters. The van der Waals surface area contributed by atoms with Crippen LogP contribution < -0.4 is 20.6 Å². The largest absolute Gasteiger partial charge is 0.376 e. The Morgan fingerprint density at radius 3 is 1.62 bits per heavy atom. The van der Waals surface area contributed by atoms with Crippen molar-refractivity contribution >= 4 is 46.2 Å². The molecule has 0 saturated carbocycles. The Balaban J connectivity index is 1.22. The smallest absolute Gasteiger partial charge is 0.333 e. The van der Waals surface area contributed by atoms with Gasteiger partial charge in [0.15, 0.2) is 0 Å². The van der Waals surface area contributed by atoms with Crippen molar-refractivity contribution in [2.45, 2.75) is 90.9 Å². The summed E-state index contributed by atoms with van der Waals surface area (Å²) in [5, 5.41) is 0. The third-order valence-electron chi connectivity index (χ3n) is 16.7. The number of fused-ring (bicyclic) bond motifs is 11. The lowest BCUT2D eigenvalue weighted by Gasteiger charge is -2.48. The molecule has 2 heterocycles. The molecule has 2 aliphatic carbocycles. The van der Waals surface area contributed by atoms with Gasteiger partial charge in [0.05, 0.1) is 5.69 Å². The topological polar surface area (TPSA) is 6.48 Å². The summed E-state index contributed by atoms with van der Waals surface area (Å²) in [6.07, 6.45) is 0. The fraction of sp³-hybridized carbons (Fsp3) is 0.206. The zero-order valence-electron chi connectivity index (χ0n) is 42.9. The molecule has 0 unspecified atom stereocenters. The molecule has 2 nitrogen and oxygen atoms in total. The Labute approximate surface area is 421 Å². The summed E-state index contributed by atoms with van der Waals surface area (Å²) in [6, 6.07) is 72.4. The van der Waals surface area contributed by atoms with Gasteiger partial charge in [0.2, 0.25) is 0 Å². The number of hydrogen-bond acceptors (Lipinski definition) is 2. The SMILES string of the molecule is CC(C)(C)c1ccc(N2B3c4cc5c(cc4N(c4ccc(C(C)(C)C)cc4-c4ccccc4)c4cc6c(c(c43)-c3cc(-c4ccccc4)ccc32)C(C)(C)c2ccccc2-6)C(C)(C)c2ccccc2-5)cc1. The van der Waals surface area contributed by atoms with Gasteiger partial charge in [-0.05, 0) is 148 Å². The number of hydrogen-bond donors (Lipinski definition) is 0. The van der Waals surface area contributed by atoms with Gasteiger partial charge >= 0.3 is 6.85 Å². The van der Waals surface area contributed by atoms with E-state index in [1.54, 1.807) is 0 Å². The minimum atomic E-state index is -0.271. The van der Waals surface area contributed by atoms with Crippen molar-refractivity contribution in [1.29, 1.82) is 0 Å². The molecule has 0 aromatic heterocycles. The first-order chi connectivity index (χ1) is 34.0. The Morgan fingerprint density at radius 1 is 0.380 bits per heavy atom. The van der Waals surface area contributed by atoms with Gasteiger partial charge < -0.3 is 9.71 Å². The van der Waals surface area contributed by atoms with E-state index in [0.29, 0.717) is 0 Å². The van der Waals surface area contributed by atoms with E-state index in [1.165, 1.54) is 128 Å². The third kappa shape index (κ3) is 6.34. The van der Waals surface area contributed by atoms with Crippen LogP contribution in [0.3, 0.4) is 0 Å². The fourth-order valence-electron chi connectivity index (χ4n) is 13.0. The lowest BCUT2D eigenvalue weighted by atomic mass is 9.42. The van der Waals surface area contributed by atoms with E-state index in [9.17, 15) is 0 Å². The summed E-state index contributed by atoms with van der Waals surface area (Å²) in [4.78, 5) is 5.40. The van der Waals surface area contributed by atoms with E-state index in [0.717, 1.165) is 0 Å². The van der Waals surface area contributed by atoms with Crippen molar-refractivity contribution in [3.8, 4) is 55.6 Å². The molecule has 2 aliphatic heterocycles. The van der Waals surface area contributed by atoms with Crippen molar-refractivity contribution in [2.75, 3.05) is 9.71 Å². The maximum atomic E-state index is 2.71. The van der Waals surface area contributed by atoms with Crippen LogP contribution in [0.4, 0.5) is 28.4 Å². The van der Waals surface area contributed by atoms with Gasteiger partial charge in [0.25, 0.3) is 0 Å². The molecule has 9 aromatic carbocycles. The summed E-state index contributed by atoms with van der Waals surface area (Å²) < 4.78 is 0. The van der Waals surface area contributed by atoms with Gasteiger partial charge in [-0.1, -0.05) is 209 Å². The van der Waals surface area contributed by atoms with E-state index in [1.807, 2.05) is 0 Å². The fourth-order valence-corrected chi connectivity index (χ4v) is 13.0. The highest BCUT2D eigenvalue weighted by Crippen LogP contribution is 2.59. The molecule has 0 spiro atoms. The van der Waals surface area contributed by atoms with Gasteiger partial charge in [0, 0.05) is 44.7 Å². The second-order valence-electron chi connectivity index (χ2n) is 23.8. The average Bonchev–Trinajstić information content (AvgIpc) is 3.74. The Kier molecular flexibility index (Phi) is 9.27. The molecule has 0 fully saturated rings. The molecule has 13 rings (SSSR count). The summed E-state index contributed by atoms with van der Waals surface area (Å²) >= 11 is 0. The second kappa shape index (κ2) is 15.1. The number of anilines is 5. The highest BCUT2D eigenvalue weighted by atomic mass is 15.2. The van der Waals surface area contributed by atoms with Crippen LogP contribution in [0.1, 0.15) is 103 Å². The van der Waals surface area contributed by atoms with E-state index in [-0.39, 0.29) is 28.5 Å². The first kappa shape index (κ1) is 43.6. The van der Waals surface area contributed by atoms with E-state index in [4.69, 9.17) is 0 Å². The molecular formula is C68H61BN2. The van der Waals surface area contributed by atoms with E-state index in [2.05, 4.69) is 267 Å². The minimum Gasteiger partial charge on any atom is -0.376 e. The first-order valence-electron chi connectivity index (χ1n) is 25.7. The summed E-state index contributed by atoms with van der Waals surface area (Å²) in [5.74, 6) is 0. The van der Waals surface area contributed by atoms with Crippen LogP contribution in [-0.4, -0.2) is 6.85 Å². The number of nitrogens with zero attached hydrogens (tertiary/aromatic N) is 2. The van der Waals surface area contributed by atoms with Crippen LogP contribution in [0.15, 0.2) is 188 Å². The minimum absolute atomic E-state index is 0.0154. The molecule has 3 heteroatoms. The van der Waals surface area contributed by atoms with Crippen LogP contribution in [0.25, 0.3) is 55.6 Å². The summed E-state index contributed by atoms with van der Waals surface area (Å²) in [5.41, 5.74) is 29.3. The van der Waals surface area contributed by atoms with Gasteiger partial charge in [0.1, 0.15) is 0 Å². The molecular weight excluding hydrogens is 856 g/mol. The van der Waals surface area contributed by atoms with Crippen molar-refractivity contribution in [2.24, 2.45) is 0 Å². The Morgan fingerprint density at radius 2 is 0.958 bits per heavy atom. The molecule has 0 radical (unpaired) electrons. The lowest BCUT2D eigenvalue weighted by molar-refractivity contribution is 0.590. The lowest BCUT2D eigenvalue weighted by Crippen LogP contribution is -2.62. The summed E-state index contributed by atoms with van der Waals surface area (Å²) in [6.45, 7) is 23.6. The van der Waals surface area contributed by atoms with Gasteiger partial charge in [-0.15, -0.1) is 0 Å². The van der Waals surface area contributed by atoms with Crippen molar-refractivity contribution in [3.63, 3.8) is 0 Å². The molecule has 71 heavy (non-hydrogen) atoms. The van der Waals surface area contributed by atoms with Crippen molar-refractivity contribution < 1.29 is 0 Å². The van der Waals surface area contributed by atoms with Crippen molar-refractivity contribution in [1.82, 2.24) is 0 Å². The van der Waals surface area contributed by atoms with Crippen LogP contribution in [0.2, 0.25) is 0 Å². The maximum Gasteiger partial charge on any atom is 0.333 e. The van der Waals surface area contributed by atoms with Gasteiger partial charge in [-0.25, -0.2) is 0 Å². The quantitative estimate of drug-likeness (QED) is 0.162. The second-order valence-corrected chi connectivity index (χ2v) is 23.8. The zero-order chi connectivity index (χ0) is 48.9. The van der Waals surface area contributed by atoms with Crippen LogP contribution in [-0.2, 0) is 21.7 Å². The van der Waals surface area contributed by atoms with Crippen molar-refractivity contribution in [3.05, 3.63) is 221 Å². The molecule has 346 valence electrons. The molecule has 0 amide bonds. The monoisotopic (exact) mass is 916 g/mol. The first-order valence-corrected chi connectivity index (χ1v) is 25.7. The van der Waals surface area contributed by atoms with Crippen LogP contribution in [0.5, 0.6) is 0 Å². The third-order valence-corrected chi connectivity index (χ3v) is 16.7. The van der Waals surface area contributed by atoms with E-state index < -0.39 is 0 Å². The zero-order valence-corrected chi connectivity index (χ0v) is 42.9. The van der Waals surface area contributed by atoms with E-state index >= 15 is 0 Å². The normalized spacial score (nSPS) is 15.3. The van der Waals surface area contributed by atoms with Gasteiger partial charge in [-0.3, -0.25) is 0 Å². The van der Waals surface area contributed by atoms with Gasteiger partial charge in [-0.2, -0.15) is 0 Å². The molecule has 9 aromatic rings. The predicted molar refractivity (Wildman–Crippen MR) is 304 cm³/mol. The molecule has 0 saturated heterocycles. The molecule has 0 N–H and O–H groups in total. The Bertz CT molecular complexity index is 3660. The average molecular weight is 917 g/mol. The predicted octanol–water partition coefficient (Wildman–Crippen LogP) is 16.9. The summed E-state index contributed by atoms with van der Waals surface area (Å²) in [7, 11) is 0. The molecule has 4 aliphatic rings. The number of benzene rings is 9. The Hall–Kier alpha value is -7.36. The molecule has 0 bridgehead atoms.